The lowest BCUT2D eigenvalue weighted by Crippen LogP contribution is -1.97. The molecular formula is C20H17N3O2. The molecule has 2 heterocycles. The number of ether oxygens (including phenoxy) is 2. The standard InChI is InChI=1S/C20H17N3O2/c1-24-18-8-6-15(12-19(18)25-2)14-5-7-17-16(11-14)20(22-13-21-17)23-9-3-4-10-23/h3-13H,1-2H3. The van der Waals surface area contributed by atoms with Gasteiger partial charge in [-0.3, -0.25) is 0 Å². The van der Waals surface area contributed by atoms with E-state index in [1.807, 2.05) is 53.4 Å². The molecule has 0 fully saturated rings. The molecule has 2 aromatic carbocycles. The van der Waals surface area contributed by atoms with Gasteiger partial charge in [-0.05, 0) is 47.5 Å². The summed E-state index contributed by atoms with van der Waals surface area (Å²) in [7, 11) is 3.27. The highest BCUT2D eigenvalue weighted by Crippen LogP contribution is 2.33. The summed E-state index contributed by atoms with van der Waals surface area (Å²) in [4.78, 5) is 8.83. The fourth-order valence-corrected chi connectivity index (χ4v) is 2.92. The topological polar surface area (TPSA) is 49.2 Å². The van der Waals surface area contributed by atoms with Crippen LogP contribution >= 0.6 is 0 Å². The molecule has 124 valence electrons. The maximum absolute atomic E-state index is 5.41. The minimum atomic E-state index is 0.704. The highest BCUT2D eigenvalue weighted by Gasteiger charge is 2.10. The van der Waals surface area contributed by atoms with E-state index in [9.17, 15) is 0 Å². The Hall–Kier alpha value is -3.34. The molecule has 2 aromatic heterocycles. The van der Waals surface area contributed by atoms with E-state index in [0.717, 1.165) is 27.8 Å². The number of hydrogen-bond donors (Lipinski definition) is 0. The van der Waals surface area contributed by atoms with Crippen molar-refractivity contribution in [3.05, 3.63) is 67.3 Å². The van der Waals surface area contributed by atoms with Gasteiger partial charge in [0, 0.05) is 17.8 Å². The molecule has 5 nitrogen and oxygen atoms in total. The summed E-state index contributed by atoms with van der Waals surface area (Å²) in [5.41, 5.74) is 3.02. The zero-order valence-corrected chi connectivity index (χ0v) is 14.0. The fraction of sp³-hybridized carbons (Fsp3) is 0.100. The Morgan fingerprint density at radius 3 is 2.28 bits per heavy atom. The van der Waals surface area contributed by atoms with Gasteiger partial charge in [-0.15, -0.1) is 0 Å². The first-order valence-corrected chi connectivity index (χ1v) is 7.90. The summed E-state index contributed by atoms with van der Waals surface area (Å²) >= 11 is 0. The van der Waals surface area contributed by atoms with Gasteiger partial charge < -0.3 is 14.0 Å². The van der Waals surface area contributed by atoms with Crippen LogP contribution in [0.25, 0.3) is 27.8 Å². The van der Waals surface area contributed by atoms with E-state index in [-0.39, 0.29) is 0 Å². The van der Waals surface area contributed by atoms with Crippen LogP contribution in [0, 0.1) is 0 Å². The van der Waals surface area contributed by atoms with Crippen molar-refractivity contribution in [3.8, 4) is 28.4 Å². The molecule has 0 bridgehead atoms. The largest absolute Gasteiger partial charge is 0.493 e. The van der Waals surface area contributed by atoms with Crippen molar-refractivity contribution in [3.63, 3.8) is 0 Å². The highest BCUT2D eigenvalue weighted by atomic mass is 16.5. The molecule has 0 saturated heterocycles. The summed E-state index contributed by atoms with van der Waals surface area (Å²) in [6, 6.07) is 16.0. The first-order chi connectivity index (χ1) is 12.3. The molecule has 0 spiro atoms. The van der Waals surface area contributed by atoms with Crippen LogP contribution in [-0.2, 0) is 0 Å². The van der Waals surface area contributed by atoms with Gasteiger partial charge in [0.05, 0.1) is 19.7 Å². The number of methoxy groups -OCH3 is 2. The van der Waals surface area contributed by atoms with Crippen LogP contribution in [0.5, 0.6) is 11.5 Å². The van der Waals surface area contributed by atoms with Gasteiger partial charge in [0.15, 0.2) is 11.5 Å². The van der Waals surface area contributed by atoms with Gasteiger partial charge in [-0.25, -0.2) is 9.97 Å². The van der Waals surface area contributed by atoms with Crippen LogP contribution in [0.3, 0.4) is 0 Å². The first kappa shape index (κ1) is 15.2. The van der Waals surface area contributed by atoms with Gasteiger partial charge in [-0.1, -0.05) is 12.1 Å². The van der Waals surface area contributed by atoms with Gasteiger partial charge in [0.25, 0.3) is 0 Å². The van der Waals surface area contributed by atoms with E-state index in [4.69, 9.17) is 9.47 Å². The number of hydrogen-bond acceptors (Lipinski definition) is 4. The van der Waals surface area contributed by atoms with Crippen molar-refractivity contribution in [2.45, 2.75) is 0 Å². The van der Waals surface area contributed by atoms with E-state index in [1.54, 1.807) is 20.5 Å². The Kier molecular flexibility index (Phi) is 3.82. The van der Waals surface area contributed by atoms with E-state index < -0.39 is 0 Å². The zero-order valence-electron chi connectivity index (χ0n) is 14.0. The molecule has 4 aromatic rings. The molecule has 4 rings (SSSR count). The molecule has 0 amide bonds. The molecule has 0 atom stereocenters. The lowest BCUT2D eigenvalue weighted by atomic mass is 10.0. The monoisotopic (exact) mass is 331 g/mol. The Bertz CT molecular complexity index is 1030. The van der Waals surface area contributed by atoms with Crippen LogP contribution in [0.1, 0.15) is 0 Å². The van der Waals surface area contributed by atoms with Crippen molar-refractivity contribution in [2.24, 2.45) is 0 Å². The van der Waals surface area contributed by atoms with Crippen molar-refractivity contribution in [1.82, 2.24) is 14.5 Å². The van der Waals surface area contributed by atoms with Crippen LogP contribution in [0.2, 0.25) is 0 Å². The summed E-state index contributed by atoms with van der Waals surface area (Å²) in [5.74, 6) is 2.27. The Balaban J connectivity index is 1.88. The molecule has 0 unspecified atom stereocenters. The number of benzene rings is 2. The van der Waals surface area contributed by atoms with Crippen LogP contribution < -0.4 is 9.47 Å². The molecule has 25 heavy (non-hydrogen) atoms. The number of nitrogens with zero attached hydrogens (tertiary/aromatic N) is 3. The number of rotatable bonds is 4. The molecular weight excluding hydrogens is 314 g/mol. The summed E-state index contributed by atoms with van der Waals surface area (Å²) in [6.45, 7) is 0. The van der Waals surface area contributed by atoms with E-state index in [1.165, 1.54) is 0 Å². The third-order valence-corrected chi connectivity index (χ3v) is 4.18. The summed E-state index contributed by atoms with van der Waals surface area (Å²) < 4.78 is 12.7. The molecule has 5 heteroatoms. The molecule has 0 aliphatic heterocycles. The Morgan fingerprint density at radius 2 is 1.52 bits per heavy atom. The second-order valence-electron chi connectivity index (χ2n) is 5.59. The normalized spacial score (nSPS) is 10.8. The Labute approximate surface area is 145 Å². The molecule has 0 saturated carbocycles. The summed E-state index contributed by atoms with van der Waals surface area (Å²) in [5, 5.41) is 0.992. The van der Waals surface area contributed by atoms with E-state index >= 15 is 0 Å². The molecule has 0 N–H and O–H groups in total. The number of fused-ring (bicyclic) bond motifs is 1. The van der Waals surface area contributed by atoms with Crippen LogP contribution in [0.15, 0.2) is 67.3 Å². The quantitative estimate of drug-likeness (QED) is 0.565. The third kappa shape index (κ3) is 2.70. The predicted molar refractivity (Wildman–Crippen MR) is 97.4 cm³/mol. The second kappa shape index (κ2) is 6.28. The van der Waals surface area contributed by atoms with Crippen molar-refractivity contribution < 1.29 is 9.47 Å². The van der Waals surface area contributed by atoms with Gasteiger partial charge in [0.2, 0.25) is 0 Å². The number of aromatic nitrogens is 3. The Morgan fingerprint density at radius 1 is 0.800 bits per heavy atom. The fourth-order valence-electron chi connectivity index (χ4n) is 2.92. The van der Waals surface area contributed by atoms with Crippen molar-refractivity contribution >= 4 is 10.9 Å². The van der Waals surface area contributed by atoms with E-state index in [0.29, 0.717) is 11.5 Å². The van der Waals surface area contributed by atoms with Crippen molar-refractivity contribution in [2.75, 3.05) is 14.2 Å². The third-order valence-electron chi connectivity index (χ3n) is 4.18. The lowest BCUT2D eigenvalue weighted by Gasteiger charge is -2.11. The molecule has 0 aliphatic carbocycles. The maximum atomic E-state index is 5.41. The summed E-state index contributed by atoms with van der Waals surface area (Å²) in [6.07, 6.45) is 5.55. The van der Waals surface area contributed by atoms with Crippen LogP contribution in [0.4, 0.5) is 0 Å². The van der Waals surface area contributed by atoms with E-state index in [2.05, 4.69) is 22.1 Å². The second-order valence-corrected chi connectivity index (χ2v) is 5.59. The van der Waals surface area contributed by atoms with Gasteiger partial charge in [0.1, 0.15) is 12.1 Å². The average molecular weight is 331 g/mol. The average Bonchev–Trinajstić information content (AvgIpc) is 3.21. The minimum absolute atomic E-state index is 0.704. The zero-order chi connectivity index (χ0) is 17.2. The predicted octanol–water partition coefficient (Wildman–Crippen LogP) is 4.10. The lowest BCUT2D eigenvalue weighted by molar-refractivity contribution is 0.355. The van der Waals surface area contributed by atoms with Gasteiger partial charge in [-0.2, -0.15) is 0 Å². The highest BCUT2D eigenvalue weighted by molar-refractivity contribution is 5.89. The minimum Gasteiger partial charge on any atom is -0.493 e. The molecule has 0 radical (unpaired) electrons. The van der Waals surface area contributed by atoms with Crippen LogP contribution in [-0.4, -0.2) is 28.8 Å². The smallest absolute Gasteiger partial charge is 0.161 e. The maximum Gasteiger partial charge on any atom is 0.161 e. The first-order valence-electron chi connectivity index (χ1n) is 7.90. The van der Waals surface area contributed by atoms with Gasteiger partial charge >= 0.3 is 0 Å². The van der Waals surface area contributed by atoms with Crippen molar-refractivity contribution in [1.29, 1.82) is 0 Å². The molecule has 0 aliphatic rings. The SMILES string of the molecule is COc1ccc(-c2ccc3ncnc(-n4cccc4)c3c2)cc1OC.